The number of aromatic nitrogens is 3. The van der Waals surface area contributed by atoms with Crippen molar-refractivity contribution in [3.8, 4) is 17.4 Å². The second-order valence-corrected chi connectivity index (χ2v) is 5.86. The molecule has 0 saturated carbocycles. The molecule has 0 aliphatic heterocycles. The summed E-state index contributed by atoms with van der Waals surface area (Å²) in [7, 11) is 0. The quantitative estimate of drug-likeness (QED) is 0.703. The van der Waals surface area contributed by atoms with E-state index in [0.717, 1.165) is 12.1 Å². The highest BCUT2D eigenvalue weighted by Crippen LogP contribution is 2.28. The van der Waals surface area contributed by atoms with Crippen LogP contribution in [0.4, 0.5) is 13.2 Å². The average molecular weight is 380 g/mol. The van der Waals surface area contributed by atoms with Crippen LogP contribution in [0.1, 0.15) is 24.2 Å². The fraction of sp³-hybridized carbons (Fsp3) is 0.235. The zero-order valence-electron chi connectivity index (χ0n) is 14.3. The van der Waals surface area contributed by atoms with E-state index >= 15 is 0 Å². The predicted molar refractivity (Wildman–Crippen MR) is 89.7 cm³/mol. The maximum absolute atomic E-state index is 12.3. The number of hydrogen-bond acceptors (Lipinski definition) is 5. The summed E-state index contributed by atoms with van der Waals surface area (Å²) < 4.78 is 46.3. The third-order valence-corrected chi connectivity index (χ3v) is 3.28. The number of ether oxygens (including phenoxy) is 2. The van der Waals surface area contributed by atoms with E-state index in [4.69, 9.17) is 4.74 Å². The van der Waals surface area contributed by atoms with Gasteiger partial charge in [0.05, 0.1) is 11.8 Å². The first-order valence-corrected chi connectivity index (χ1v) is 7.90. The molecule has 3 rings (SSSR count). The highest BCUT2D eigenvalue weighted by molar-refractivity contribution is 6.04. The molecule has 0 bridgehead atoms. The zero-order chi connectivity index (χ0) is 19.6. The molecule has 27 heavy (non-hydrogen) atoms. The Hall–Kier alpha value is -3.30. The van der Waals surface area contributed by atoms with Crippen LogP contribution in [0, 0.1) is 0 Å². The van der Waals surface area contributed by atoms with E-state index in [2.05, 4.69) is 25.0 Å². The second kappa shape index (κ2) is 7.14. The molecule has 0 aliphatic rings. The van der Waals surface area contributed by atoms with E-state index in [1.165, 1.54) is 24.5 Å². The van der Waals surface area contributed by atoms with Gasteiger partial charge in [0.15, 0.2) is 5.65 Å². The molecule has 0 fully saturated rings. The Labute approximate surface area is 151 Å². The Kier molecular flexibility index (Phi) is 4.89. The Balaban J connectivity index is 1.85. The van der Waals surface area contributed by atoms with Gasteiger partial charge in [0.1, 0.15) is 17.0 Å². The van der Waals surface area contributed by atoms with Crippen LogP contribution < -0.4 is 14.8 Å². The van der Waals surface area contributed by atoms with Crippen LogP contribution in [0.25, 0.3) is 11.2 Å². The fourth-order valence-corrected chi connectivity index (χ4v) is 2.29. The van der Waals surface area contributed by atoms with Gasteiger partial charge in [0.2, 0.25) is 5.88 Å². The Morgan fingerprint density at radius 3 is 2.70 bits per heavy atom. The number of halogens is 3. The van der Waals surface area contributed by atoms with Gasteiger partial charge in [-0.1, -0.05) is 6.07 Å². The average Bonchev–Trinajstić information content (AvgIpc) is 2.96. The zero-order valence-corrected chi connectivity index (χ0v) is 14.3. The molecule has 142 valence electrons. The minimum Gasteiger partial charge on any atom is -0.437 e. The van der Waals surface area contributed by atoms with Crippen LogP contribution in [-0.2, 0) is 0 Å². The van der Waals surface area contributed by atoms with E-state index in [0.29, 0.717) is 5.65 Å². The first-order valence-electron chi connectivity index (χ1n) is 7.90. The van der Waals surface area contributed by atoms with Crippen LogP contribution in [0.2, 0.25) is 0 Å². The van der Waals surface area contributed by atoms with Gasteiger partial charge < -0.3 is 19.8 Å². The van der Waals surface area contributed by atoms with Crippen LogP contribution >= 0.6 is 0 Å². The van der Waals surface area contributed by atoms with Crippen molar-refractivity contribution in [2.75, 3.05) is 0 Å². The number of nitrogens with one attached hydrogen (secondary N) is 2. The summed E-state index contributed by atoms with van der Waals surface area (Å²) in [6.45, 7) is 3.64. The standard InChI is InChI=1S/C17H15F3N4O3/c1-9(2)23-16(25)12-7-21-15-14(12)24-13(8-22-15)26-10-4-3-5-11(6-10)27-17(18,19)20/h3-9H,1-2H3,(H,21,22)(H,23,25). The van der Waals surface area contributed by atoms with Crippen LogP contribution in [0.5, 0.6) is 17.4 Å². The summed E-state index contributed by atoms with van der Waals surface area (Å²) in [6.07, 6.45) is -2.04. The maximum Gasteiger partial charge on any atom is 0.573 e. The van der Waals surface area contributed by atoms with Crippen molar-refractivity contribution >= 4 is 17.1 Å². The van der Waals surface area contributed by atoms with Crippen molar-refractivity contribution < 1.29 is 27.4 Å². The lowest BCUT2D eigenvalue weighted by atomic mass is 10.2. The molecule has 0 aliphatic carbocycles. The number of H-pyrrole nitrogens is 1. The molecule has 0 unspecified atom stereocenters. The van der Waals surface area contributed by atoms with Crippen LogP contribution in [0.15, 0.2) is 36.7 Å². The summed E-state index contributed by atoms with van der Waals surface area (Å²) in [5.41, 5.74) is 0.949. The first-order chi connectivity index (χ1) is 12.7. The largest absolute Gasteiger partial charge is 0.573 e. The SMILES string of the molecule is CC(C)NC(=O)c1c[nH]c2ncc(Oc3cccc(OC(F)(F)F)c3)nc12. The number of carbonyl (C=O) groups is 1. The molecule has 3 aromatic rings. The number of nitrogens with zero attached hydrogens (tertiary/aromatic N) is 2. The lowest BCUT2D eigenvalue weighted by Gasteiger charge is -2.10. The molecular formula is C17H15F3N4O3. The summed E-state index contributed by atoms with van der Waals surface area (Å²) in [6, 6.07) is 4.95. The number of amides is 1. The number of rotatable bonds is 5. The Bertz CT molecular complexity index is 969. The van der Waals surface area contributed by atoms with Gasteiger partial charge in [-0.05, 0) is 26.0 Å². The minimum absolute atomic E-state index is 0.0184. The molecule has 2 N–H and O–H groups in total. The number of fused-ring (bicyclic) bond motifs is 1. The normalized spacial score (nSPS) is 11.6. The van der Waals surface area contributed by atoms with Gasteiger partial charge in [0, 0.05) is 18.3 Å². The summed E-state index contributed by atoms with van der Waals surface area (Å²) in [4.78, 5) is 23.4. The topological polar surface area (TPSA) is 89.1 Å². The van der Waals surface area contributed by atoms with Gasteiger partial charge in [-0.15, -0.1) is 13.2 Å². The van der Waals surface area contributed by atoms with Gasteiger partial charge in [0.25, 0.3) is 5.91 Å². The molecule has 7 nitrogen and oxygen atoms in total. The second-order valence-electron chi connectivity index (χ2n) is 5.86. The molecule has 10 heteroatoms. The molecule has 1 amide bonds. The molecule has 0 saturated heterocycles. The lowest BCUT2D eigenvalue weighted by molar-refractivity contribution is -0.274. The monoisotopic (exact) mass is 380 g/mol. The summed E-state index contributed by atoms with van der Waals surface area (Å²) >= 11 is 0. The van der Waals surface area contributed by atoms with E-state index in [9.17, 15) is 18.0 Å². The maximum atomic E-state index is 12.3. The Morgan fingerprint density at radius 2 is 2.00 bits per heavy atom. The number of hydrogen-bond donors (Lipinski definition) is 2. The van der Waals surface area contributed by atoms with Gasteiger partial charge in [-0.25, -0.2) is 9.97 Å². The van der Waals surface area contributed by atoms with Gasteiger partial charge >= 0.3 is 6.36 Å². The van der Waals surface area contributed by atoms with Crippen LogP contribution in [-0.4, -0.2) is 33.3 Å². The van der Waals surface area contributed by atoms with E-state index in [1.54, 1.807) is 0 Å². The highest BCUT2D eigenvalue weighted by Gasteiger charge is 2.31. The number of benzene rings is 1. The molecular weight excluding hydrogens is 365 g/mol. The van der Waals surface area contributed by atoms with Crippen molar-refractivity contribution in [3.05, 3.63) is 42.2 Å². The third-order valence-electron chi connectivity index (χ3n) is 3.28. The molecule has 0 atom stereocenters. The molecule has 0 radical (unpaired) electrons. The number of aromatic amines is 1. The number of alkyl halides is 3. The van der Waals surface area contributed by atoms with Crippen molar-refractivity contribution in [1.82, 2.24) is 20.3 Å². The van der Waals surface area contributed by atoms with Crippen molar-refractivity contribution in [2.45, 2.75) is 26.3 Å². The van der Waals surface area contributed by atoms with Crippen LogP contribution in [0.3, 0.4) is 0 Å². The number of carbonyl (C=O) groups excluding carboxylic acids is 1. The summed E-state index contributed by atoms with van der Waals surface area (Å²) in [5.74, 6) is -0.657. The lowest BCUT2D eigenvalue weighted by Crippen LogP contribution is -2.29. The fourth-order valence-electron chi connectivity index (χ4n) is 2.29. The van der Waals surface area contributed by atoms with Crippen molar-refractivity contribution in [2.24, 2.45) is 0 Å². The van der Waals surface area contributed by atoms with Gasteiger partial charge in [-0.3, -0.25) is 4.79 Å². The van der Waals surface area contributed by atoms with Crippen molar-refractivity contribution in [3.63, 3.8) is 0 Å². The summed E-state index contributed by atoms with van der Waals surface area (Å²) in [5, 5.41) is 2.75. The van der Waals surface area contributed by atoms with Crippen molar-refractivity contribution in [1.29, 1.82) is 0 Å². The predicted octanol–water partition coefficient (Wildman–Crippen LogP) is 3.79. The molecule has 2 heterocycles. The van der Waals surface area contributed by atoms with E-state index < -0.39 is 12.1 Å². The third kappa shape index (κ3) is 4.66. The molecule has 0 spiro atoms. The first kappa shape index (κ1) is 18.5. The minimum atomic E-state index is -4.80. The van der Waals surface area contributed by atoms with E-state index in [-0.39, 0.29) is 34.7 Å². The molecule has 1 aromatic carbocycles. The highest BCUT2D eigenvalue weighted by atomic mass is 19.4. The Morgan fingerprint density at radius 1 is 1.26 bits per heavy atom. The van der Waals surface area contributed by atoms with Gasteiger partial charge in [-0.2, -0.15) is 0 Å². The smallest absolute Gasteiger partial charge is 0.437 e. The van der Waals surface area contributed by atoms with E-state index in [1.807, 2.05) is 13.8 Å². The molecule has 2 aromatic heterocycles.